The second kappa shape index (κ2) is 16.4. The van der Waals surface area contributed by atoms with E-state index in [1.165, 1.54) is 99.8 Å². The summed E-state index contributed by atoms with van der Waals surface area (Å²) in [7, 11) is 0. The Balaban J connectivity index is 0.993. The fraction of sp³-hybridized carbons (Fsp3) is 0.0270. The van der Waals surface area contributed by atoms with Crippen LogP contribution in [0, 0.1) is 0 Å². The fourth-order valence-corrected chi connectivity index (χ4v) is 14.1. The van der Waals surface area contributed by atoms with Crippen molar-refractivity contribution in [2.75, 3.05) is 4.90 Å². The molecule has 0 radical (unpaired) electrons. The molecule has 1 aromatic heterocycles. The van der Waals surface area contributed by atoms with E-state index >= 15 is 0 Å². The average molecular weight is 965 g/mol. The number of hydrogen-bond acceptors (Lipinski definition) is 1. The Morgan fingerprint density at radius 1 is 0.276 bits per heavy atom. The molecule has 0 aliphatic heterocycles. The van der Waals surface area contributed by atoms with Crippen molar-refractivity contribution in [2.24, 2.45) is 0 Å². The summed E-state index contributed by atoms with van der Waals surface area (Å²) in [6.45, 7) is 0. The van der Waals surface area contributed by atoms with Gasteiger partial charge in [0.15, 0.2) is 0 Å². The van der Waals surface area contributed by atoms with Crippen molar-refractivity contribution < 1.29 is 0 Å². The summed E-state index contributed by atoms with van der Waals surface area (Å²) in [5.41, 5.74) is 26.2. The summed E-state index contributed by atoms with van der Waals surface area (Å²) in [4.78, 5) is 2.55. The van der Waals surface area contributed by atoms with Gasteiger partial charge in [0.25, 0.3) is 0 Å². The van der Waals surface area contributed by atoms with E-state index in [1.54, 1.807) is 0 Å². The smallest absolute Gasteiger partial charge is 0.0746 e. The molecule has 3 aliphatic carbocycles. The number of aromatic nitrogens is 1. The van der Waals surface area contributed by atoms with Crippen LogP contribution in [0.15, 0.2) is 291 Å². The highest BCUT2D eigenvalue weighted by molar-refractivity contribution is 6.12. The summed E-state index contributed by atoms with van der Waals surface area (Å²) in [6, 6.07) is 109. The zero-order valence-corrected chi connectivity index (χ0v) is 41.6. The fourth-order valence-electron chi connectivity index (χ4n) is 14.1. The maximum Gasteiger partial charge on any atom is 0.0746 e. The highest BCUT2D eigenvalue weighted by Crippen LogP contribution is 2.65. The van der Waals surface area contributed by atoms with Gasteiger partial charge in [-0.2, -0.15) is 0 Å². The van der Waals surface area contributed by atoms with Crippen molar-refractivity contribution in [1.29, 1.82) is 0 Å². The van der Waals surface area contributed by atoms with Gasteiger partial charge >= 0.3 is 0 Å². The van der Waals surface area contributed by atoms with Gasteiger partial charge in [0, 0.05) is 33.4 Å². The van der Waals surface area contributed by atoms with E-state index in [0.717, 1.165) is 33.8 Å². The maximum atomic E-state index is 2.55. The molecule has 0 saturated carbocycles. The molecule has 2 nitrogen and oxygen atoms in total. The molecule has 0 saturated heterocycles. The number of anilines is 3. The van der Waals surface area contributed by atoms with Crippen LogP contribution in [0.25, 0.3) is 72.0 Å². The molecule has 3 aliphatic rings. The predicted octanol–water partition coefficient (Wildman–Crippen LogP) is 18.6. The summed E-state index contributed by atoms with van der Waals surface area (Å²) in [5.74, 6) is 0. The quantitative estimate of drug-likeness (QED) is 0.155. The molecule has 0 bridgehead atoms. The first-order valence-corrected chi connectivity index (χ1v) is 26.5. The Hall–Kier alpha value is -9.76. The van der Waals surface area contributed by atoms with Crippen molar-refractivity contribution in [1.82, 2.24) is 4.57 Å². The second-order valence-corrected chi connectivity index (χ2v) is 20.6. The third kappa shape index (κ3) is 5.76. The largest absolute Gasteiger partial charge is 0.310 e. The van der Waals surface area contributed by atoms with Crippen molar-refractivity contribution in [3.63, 3.8) is 0 Å². The normalized spacial score (nSPS) is 13.7. The SMILES string of the molecule is c1ccc(-c2ccc(N(c3ccc4c(c3)c3cc(C5(c6ccccc6)c6ccccc6-c6ccccc65)ccc3n4-c3ccccc3)c3cccc4c3C3(c5ccccc5-c5ccccc53)c3ccccc3-4)cc2)cc1. The Kier molecular flexibility index (Phi) is 9.20. The highest BCUT2D eigenvalue weighted by atomic mass is 15.1. The van der Waals surface area contributed by atoms with Crippen LogP contribution in [-0.2, 0) is 10.8 Å². The van der Waals surface area contributed by atoms with E-state index in [2.05, 4.69) is 301 Å². The number of nitrogens with zero attached hydrogens (tertiary/aromatic N) is 2. The highest BCUT2D eigenvalue weighted by Gasteiger charge is 2.53. The molecule has 13 aromatic rings. The van der Waals surface area contributed by atoms with Gasteiger partial charge < -0.3 is 9.47 Å². The van der Waals surface area contributed by atoms with Gasteiger partial charge in [0.2, 0.25) is 0 Å². The third-order valence-electron chi connectivity index (χ3n) is 17.1. The minimum Gasteiger partial charge on any atom is -0.310 e. The molecule has 16 rings (SSSR count). The van der Waals surface area contributed by atoms with Crippen LogP contribution in [0.1, 0.15) is 44.5 Å². The summed E-state index contributed by atoms with van der Waals surface area (Å²) >= 11 is 0. The molecule has 0 N–H and O–H groups in total. The molecule has 0 fully saturated rings. The van der Waals surface area contributed by atoms with E-state index < -0.39 is 10.8 Å². The predicted molar refractivity (Wildman–Crippen MR) is 315 cm³/mol. The molecular formula is C74H48N2. The number of rotatable bonds is 7. The molecule has 2 heteroatoms. The van der Waals surface area contributed by atoms with E-state index in [1.807, 2.05) is 0 Å². The molecule has 0 amide bonds. The number of para-hydroxylation sites is 1. The lowest BCUT2D eigenvalue weighted by Crippen LogP contribution is -2.28. The summed E-state index contributed by atoms with van der Waals surface area (Å²) in [5, 5.41) is 2.39. The molecule has 0 atom stereocenters. The second-order valence-electron chi connectivity index (χ2n) is 20.6. The number of fused-ring (bicyclic) bond motifs is 16. The van der Waals surface area contributed by atoms with Gasteiger partial charge in [-0.1, -0.05) is 231 Å². The van der Waals surface area contributed by atoms with Crippen LogP contribution in [0.3, 0.4) is 0 Å². The zero-order valence-electron chi connectivity index (χ0n) is 41.6. The molecule has 76 heavy (non-hydrogen) atoms. The van der Waals surface area contributed by atoms with Crippen molar-refractivity contribution in [3.05, 3.63) is 336 Å². The lowest BCUT2D eigenvalue weighted by atomic mass is 9.67. The molecule has 0 unspecified atom stereocenters. The monoisotopic (exact) mass is 964 g/mol. The Bertz CT molecular complexity index is 4340. The zero-order chi connectivity index (χ0) is 50.0. The van der Waals surface area contributed by atoms with Gasteiger partial charge in [-0.25, -0.2) is 0 Å². The average Bonchev–Trinajstić information content (AvgIpc) is 4.40. The third-order valence-corrected chi connectivity index (χ3v) is 17.1. The Morgan fingerprint density at radius 2 is 0.697 bits per heavy atom. The van der Waals surface area contributed by atoms with E-state index in [9.17, 15) is 0 Å². The van der Waals surface area contributed by atoms with Crippen LogP contribution in [0.2, 0.25) is 0 Å². The lowest BCUT2D eigenvalue weighted by molar-refractivity contribution is 0.770. The molecular weight excluding hydrogens is 917 g/mol. The van der Waals surface area contributed by atoms with Gasteiger partial charge in [-0.15, -0.1) is 0 Å². The van der Waals surface area contributed by atoms with E-state index in [4.69, 9.17) is 0 Å². The van der Waals surface area contributed by atoms with Crippen LogP contribution >= 0.6 is 0 Å². The van der Waals surface area contributed by atoms with Crippen LogP contribution in [-0.4, -0.2) is 4.57 Å². The first-order chi connectivity index (χ1) is 37.7. The molecule has 12 aromatic carbocycles. The first-order valence-electron chi connectivity index (χ1n) is 26.5. The minimum absolute atomic E-state index is 0.546. The molecule has 1 spiro atoms. The summed E-state index contributed by atoms with van der Waals surface area (Å²) < 4.78 is 2.46. The van der Waals surface area contributed by atoms with Crippen molar-refractivity contribution in [3.8, 4) is 50.2 Å². The first kappa shape index (κ1) is 42.7. The standard InChI is InChI=1S/C74H48N2/c1-4-21-49(22-5-1)50-39-42-54(43-40-50)75(71-38-20-32-61-60-31-14-19-37-68(60)74(72(61)71)66-35-17-12-29-58(66)59-30-13-18-36-67(59)74)55-44-46-70-63(48-55)62-47-52(41-45-69(62)76(70)53-25-8-3-9-26-53)73(51-23-6-2-7-24-51)64-33-15-10-27-56(64)57-28-11-16-34-65(57)73/h1-48H. The van der Waals surface area contributed by atoms with Gasteiger partial charge in [-0.05, 0) is 144 Å². The van der Waals surface area contributed by atoms with Crippen LogP contribution in [0.4, 0.5) is 17.1 Å². The lowest BCUT2D eigenvalue weighted by Gasteiger charge is -2.36. The van der Waals surface area contributed by atoms with Crippen molar-refractivity contribution >= 4 is 38.9 Å². The van der Waals surface area contributed by atoms with Gasteiger partial charge in [0.1, 0.15) is 0 Å². The van der Waals surface area contributed by atoms with Gasteiger partial charge in [0.05, 0.1) is 27.6 Å². The van der Waals surface area contributed by atoms with E-state index in [0.29, 0.717) is 0 Å². The number of benzene rings is 12. The van der Waals surface area contributed by atoms with Crippen LogP contribution in [0.5, 0.6) is 0 Å². The Labute approximate surface area is 442 Å². The maximum absolute atomic E-state index is 2.55. The Morgan fingerprint density at radius 3 is 1.26 bits per heavy atom. The molecule has 1 heterocycles. The van der Waals surface area contributed by atoms with Crippen molar-refractivity contribution in [2.45, 2.75) is 10.8 Å². The minimum atomic E-state index is -0.556. The molecule has 354 valence electrons. The summed E-state index contributed by atoms with van der Waals surface area (Å²) in [6.07, 6.45) is 0. The number of hydrogen-bond donors (Lipinski definition) is 0. The van der Waals surface area contributed by atoms with E-state index in [-0.39, 0.29) is 0 Å². The van der Waals surface area contributed by atoms with Crippen LogP contribution < -0.4 is 4.90 Å². The topological polar surface area (TPSA) is 8.17 Å². The van der Waals surface area contributed by atoms with Gasteiger partial charge in [-0.3, -0.25) is 0 Å².